The lowest BCUT2D eigenvalue weighted by Crippen LogP contribution is -2.35. The Labute approximate surface area is 156 Å². The standard InChI is InChI=1S/C18H23IN2O3/c1-18(2,3)24-17(23)20-10-12-8-14(19)15(9-13(12)11-20)21-7-5-4-6-16(21)22/h8-9H,4-7,10-11H2,1-3H3. The molecule has 1 saturated heterocycles. The van der Waals surface area contributed by atoms with Gasteiger partial charge in [-0.1, -0.05) is 0 Å². The van der Waals surface area contributed by atoms with Gasteiger partial charge in [-0.15, -0.1) is 0 Å². The van der Waals surface area contributed by atoms with Crippen molar-refractivity contribution in [3.8, 4) is 0 Å². The van der Waals surface area contributed by atoms with E-state index in [2.05, 4.69) is 34.7 Å². The molecule has 2 aliphatic rings. The number of amides is 2. The van der Waals surface area contributed by atoms with Crippen LogP contribution in [0.15, 0.2) is 12.1 Å². The summed E-state index contributed by atoms with van der Waals surface area (Å²) < 4.78 is 6.53. The van der Waals surface area contributed by atoms with Crippen molar-refractivity contribution in [1.29, 1.82) is 0 Å². The Kier molecular flexibility index (Phi) is 4.77. The zero-order chi connectivity index (χ0) is 17.5. The molecule has 0 radical (unpaired) electrons. The zero-order valence-corrected chi connectivity index (χ0v) is 16.6. The molecule has 0 spiro atoms. The molecule has 0 N–H and O–H groups in total. The third kappa shape index (κ3) is 3.68. The van der Waals surface area contributed by atoms with Crippen molar-refractivity contribution in [3.63, 3.8) is 0 Å². The molecule has 6 heteroatoms. The van der Waals surface area contributed by atoms with Gasteiger partial charge in [0.25, 0.3) is 0 Å². The van der Waals surface area contributed by atoms with E-state index in [9.17, 15) is 9.59 Å². The van der Waals surface area contributed by atoms with Gasteiger partial charge in [0, 0.05) is 29.6 Å². The lowest BCUT2D eigenvalue weighted by atomic mass is 10.1. The van der Waals surface area contributed by atoms with Crippen LogP contribution < -0.4 is 4.90 Å². The molecule has 2 aliphatic heterocycles. The van der Waals surface area contributed by atoms with E-state index in [1.807, 2.05) is 25.7 Å². The second-order valence-corrected chi connectivity index (χ2v) is 8.57. The van der Waals surface area contributed by atoms with Gasteiger partial charge >= 0.3 is 6.09 Å². The number of ether oxygens (including phenoxy) is 1. The smallest absolute Gasteiger partial charge is 0.410 e. The van der Waals surface area contributed by atoms with Crippen molar-refractivity contribution in [2.45, 2.75) is 58.7 Å². The minimum absolute atomic E-state index is 0.195. The summed E-state index contributed by atoms with van der Waals surface area (Å²) in [7, 11) is 0. The molecule has 1 aromatic rings. The Morgan fingerprint density at radius 2 is 1.83 bits per heavy atom. The van der Waals surface area contributed by atoms with E-state index in [0.717, 1.165) is 39.8 Å². The Hall–Kier alpha value is -1.31. The summed E-state index contributed by atoms with van der Waals surface area (Å²) in [6.45, 7) is 7.50. The van der Waals surface area contributed by atoms with Gasteiger partial charge in [-0.25, -0.2) is 4.79 Å². The highest BCUT2D eigenvalue weighted by Gasteiger charge is 2.30. The maximum atomic E-state index is 12.3. The van der Waals surface area contributed by atoms with E-state index in [1.54, 1.807) is 4.90 Å². The van der Waals surface area contributed by atoms with Crippen LogP contribution in [0.5, 0.6) is 0 Å². The van der Waals surface area contributed by atoms with Crippen molar-refractivity contribution in [2.24, 2.45) is 0 Å². The minimum atomic E-state index is -0.494. The van der Waals surface area contributed by atoms with Crippen LogP contribution in [-0.2, 0) is 22.6 Å². The van der Waals surface area contributed by atoms with Crippen molar-refractivity contribution in [1.82, 2.24) is 4.90 Å². The summed E-state index contributed by atoms with van der Waals surface area (Å²) in [5.41, 5.74) is 2.73. The van der Waals surface area contributed by atoms with E-state index in [0.29, 0.717) is 19.5 Å². The summed E-state index contributed by atoms with van der Waals surface area (Å²) in [4.78, 5) is 28.1. The van der Waals surface area contributed by atoms with Crippen molar-refractivity contribution < 1.29 is 14.3 Å². The lowest BCUT2D eigenvalue weighted by molar-refractivity contribution is -0.119. The molecule has 1 aromatic carbocycles. The Balaban J connectivity index is 1.80. The van der Waals surface area contributed by atoms with Crippen LogP contribution in [0.1, 0.15) is 51.2 Å². The maximum Gasteiger partial charge on any atom is 0.410 e. The molecule has 1 fully saturated rings. The fourth-order valence-electron chi connectivity index (χ4n) is 3.13. The number of fused-ring (bicyclic) bond motifs is 1. The average Bonchev–Trinajstić information content (AvgIpc) is 2.88. The maximum absolute atomic E-state index is 12.3. The first-order valence-electron chi connectivity index (χ1n) is 8.34. The summed E-state index contributed by atoms with van der Waals surface area (Å²) in [6, 6.07) is 4.17. The highest BCUT2D eigenvalue weighted by molar-refractivity contribution is 14.1. The molecule has 130 valence electrons. The first kappa shape index (κ1) is 17.5. The van der Waals surface area contributed by atoms with Crippen molar-refractivity contribution in [3.05, 3.63) is 26.8 Å². The highest BCUT2D eigenvalue weighted by atomic mass is 127. The van der Waals surface area contributed by atoms with E-state index >= 15 is 0 Å². The average molecular weight is 442 g/mol. The molecule has 0 aliphatic carbocycles. The van der Waals surface area contributed by atoms with Gasteiger partial charge in [0.2, 0.25) is 5.91 Å². The number of anilines is 1. The molecule has 2 heterocycles. The minimum Gasteiger partial charge on any atom is -0.444 e. The molecule has 5 nitrogen and oxygen atoms in total. The first-order valence-corrected chi connectivity index (χ1v) is 9.42. The number of carbonyl (C=O) groups excluding carboxylic acids is 2. The van der Waals surface area contributed by atoms with Crippen LogP contribution in [0.2, 0.25) is 0 Å². The van der Waals surface area contributed by atoms with Gasteiger partial charge in [0.05, 0.1) is 5.69 Å². The fraction of sp³-hybridized carbons (Fsp3) is 0.556. The van der Waals surface area contributed by atoms with Gasteiger partial charge < -0.3 is 9.64 Å². The quantitative estimate of drug-likeness (QED) is 0.617. The summed E-state index contributed by atoms with van der Waals surface area (Å²) in [5, 5.41) is 0. The van der Waals surface area contributed by atoms with E-state index in [1.165, 1.54) is 0 Å². The Bertz CT molecular complexity index is 682. The van der Waals surface area contributed by atoms with Gasteiger partial charge in [0.1, 0.15) is 5.60 Å². The molecule has 0 unspecified atom stereocenters. The number of rotatable bonds is 1. The predicted molar refractivity (Wildman–Crippen MR) is 101 cm³/mol. The fourth-order valence-corrected chi connectivity index (χ4v) is 3.95. The number of nitrogens with zero attached hydrogens (tertiary/aromatic N) is 2. The van der Waals surface area contributed by atoms with Crippen LogP contribution >= 0.6 is 22.6 Å². The third-order valence-electron chi connectivity index (χ3n) is 4.26. The predicted octanol–water partition coefficient (Wildman–Crippen LogP) is 4.06. The third-order valence-corrected chi connectivity index (χ3v) is 5.12. The molecule has 0 atom stereocenters. The van der Waals surface area contributed by atoms with Gasteiger partial charge in [-0.05, 0) is 79.5 Å². The second kappa shape index (κ2) is 6.54. The molecule has 24 heavy (non-hydrogen) atoms. The molecule has 0 saturated carbocycles. The number of carbonyl (C=O) groups is 2. The molecule has 0 aromatic heterocycles. The first-order chi connectivity index (χ1) is 11.2. The second-order valence-electron chi connectivity index (χ2n) is 7.41. The number of hydrogen-bond acceptors (Lipinski definition) is 3. The van der Waals surface area contributed by atoms with Crippen LogP contribution in [-0.4, -0.2) is 29.0 Å². The van der Waals surface area contributed by atoms with Crippen LogP contribution in [0.4, 0.5) is 10.5 Å². The molecule has 0 bridgehead atoms. The summed E-state index contributed by atoms with van der Waals surface area (Å²) in [6.07, 6.45) is 2.35. The molecular formula is C18H23IN2O3. The topological polar surface area (TPSA) is 49.9 Å². The lowest BCUT2D eigenvalue weighted by Gasteiger charge is -2.28. The number of piperidine rings is 1. The number of hydrogen-bond donors (Lipinski definition) is 0. The van der Waals surface area contributed by atoms with Crippen LogP contribution in [0.25, 0.3) is 0 Å². The van der Waals surface area contributed by atoms with Crippen LogP contribution in [0, 0.1) is 3.57 Å². The highest BCUT2D eigenvalue weighted by Crippen LogP contribution is 2.34. The van der Waals surface area contributed by atoms with E-state index < -0.39 is 5.60 Å². The largest absolute Gasteiger partial charge is 0.444 e. The number of halogens is 1. The summed E-state index contributed by atoms with van der Waals surface area (Å²) >= 11 is 2.28. The summed E-state index contributed by atoms with van der Waals surface area (Å²) in [5.74, 6) is 0.195. The molecule has 3 rings (SSSR count). The molecule has 2 amide bonds. The van der Waals surface area contributed by atoms with Gasteiger partial charge in [0.15, 0.2) is 0 Å². The van der Waals surface area contributed by atoms with Crippen molar-refractivity contribution >= 4 is 40.3 Å². The molecular weight excluding hydrogens is 419 g/mol. The monoisotopic (exact) mass is 442 g/mol. The SMILES string of the molecule is CC(C)(C)OC(=O)N1Cc2cc(I)c(N3CCCCC3=O)cc2C1. The van der Waals surface area contributed by atoms with Crippen LogP contribution in [0.3, 0.4) is 0 Å². The van der Waals surface area contributed by atoms with Crippen molar-refractivity contribution in [2.75, 3.05) is 11.4 Å². The normalized spacial score (nSPS) is 17.9. The van der Waals surface area contributed by atoms with E-state index in [-0.39, 0.29) is 12.0 Å². The van der Waals surface area contributed by atoms with E-state index in [4.69, 9.17) is 4.74 Å². The Morgan fingerprint density at radius 3 is 2.46 bits per heavy atom. The van der Waals surface area contributed by atoms with Gasteiger partial charge in [-0.2, -0.15) is 0 Å². The zero-order valence-electron chi connectivity index (χ0n) is 14.4. The Morgan fingerprint density at radius 1 is 1.17 bits per heavy atom. The van der Waals surface area contributed by atoms with Gasteiger partial charge in [-0.3, -0.25) is 9.69 Å². The number of benzene rings is 1.